The van der Waals surface area contributed by atoms with E-state index in [9.17, 15) is 13.2 Å². The first kappa shape index (κ1) is 17.1. The maximum Gasteiger partial charge on any atom is 0.409 e. The van der Waals surface area contributed by atoms with E-state index >= 15 is 0 Å². The highest BCUT2D eigenvalue weighted by Gasteiger charge is 2.21. The maximum atomic E-state index is 12.0. The second-order valence-electron chi connectivity index (χ2n) is 5.23. The highest BCUT2D eigenvalue weighted by atomic mass is 19.4. The van der Waals surface area contributed by atoms with Gasteiger partial charge in [-0.05, 0) is 41.3 Å². The van der Waals surface area contributed by atoms with Crippen molar-refractivity contribution in [2.45, 2.75) is 25.9 Å². The summed E-state index contributed by atoms with van der Waals surface area (Å²) in [5.74, 6) is 0.545. The molecule has 0 heterocycles. The minimum absolute atomic E-state index is 0.107. The molecule has 0 aliphatic carbocycles. The molecule has 0 atom stereocenters. The highest BCUT2D eigenvalue weighted by Crippen LogP contribution is 2.23. The Labute approximate surface area is 134 Å². The number of aryl methyl sites for hydroxylation is 1. The van der Waals surface area contributed by atoms with Crippen molar-refractivity contribution in [2.75, 3.05) is 6.61 Å². The lowest BCUT2D eigenvalue weighted by molar-refractivity contribution is -0.0801. The largest absolute Gasteiger partial charge is 0.490 e. The Balaban J connectivity index is 1.95. The maximum absolute atomic E-state index is 12.0. The Morgan fingerprint density at radius 1 is 0.913 bits per heavy atom. The van der Waals surface area contributed by atoms with Gasteiger partial charge in [0.15, 0.2) is 0 Å². The molecule has 2 aromatic rings. The molecule has 0 bridgehead atoms. The lowest BCUT2D eigenvalue weighted by atomic mass is 10.0. The lowest BCUT2D eigenvalue weighted by Gasteiger charge is -2.07. The zero-order chi connectivity index (χ0) is 16.7. The van der Waals surface area contributed by atoms with Gasteiger partial charge in [0.05, 0.1) is 0 Å². The van der Waals surface area contributed by atoms with Crippen LogP contribution in [0.25, 0.3) is 11.1 Å². The van der Waals surface area contributed by atoms with Gasteiger partial charge in [-0.3, -0.25) is 0 Å². The standard InChI is InChI=1S/C19H19F3O/c1-2-4-15-5-7-16(8-6-15)17-9-11-18(12-10-17)23-14-3-13-19(20,21)22/h3,5-13H,2,4,14H2,1H3/b13-3+. The molecule has 0 aromatic heterocycles. The van der Waals surface area contributed by atoms with E-state index < -0.39 is 6.18 Å². The van der Waals surface area contributed by atoms with Crippen LogP contribution >= 0.6 is 0 Å². The van der Waals surface area contributed by atoms with Crippen molar-refractivity contribution in [3.8, 4) is 16.9 Å². The molecule has 4 heteroatoms. The Hall–Kier alpha value is -2.23. The molecule has 0 fully saturated rings. The topological polar surface area (TPSA) is 9.23 Å². The molecule has 2 aromatic carbocycles. The Bertz CT molecular complexity index is 625. The Morgan fingerprint density at radius 2 is 1.48 bits per heavy atom. The summed E-state index contributed by atoms with van der Waals surface area (Å²) in [7, 11) is 0. The summed E-state index contributed by atoms with van der Waals surface area (Å²) in [5.41, 5.74) is 3.47. The predicted molar refractivity (Wildman–Crippen MR) is 86.6 cm³/mol. The van der Waals surface area contributed by atoms with Gasteiger partial charge in [0.1, 0.15) is 12.4 Å². The van der Waals surface area contributed by atoms with E-state index in [1.165, 1.54) is 5.56 Å². The van der Waals surface area contributed by atoms with Gasteiger partial charge >= 0.3 is 6.18 Å². The van der Waals surface area contributed by atoms with Crippen LogP contribution in [0, 0.1) is 0 Å². The van der Waals surface area contributed by atoms with Gasteiger partial charge in [0.25, 0.3) is 0 Å². The third-order valence-electron chi connectivity index (χ3n) is 3.33. The van der Waals surface area contributed by atoms with Crippen molar-refractivity contribution >= 4 is 0 Å². The summed E-state index contributed by atoms with van der Waals surface area (Å²) in [4.78, 5) is 0. The summed E-state index contributed by atoms with van der Waals surface area (Å²) < 4.78 is 41.1. The van der Waals surface area contributed by atoms with Crippen LogP contribution in [0.1, 0.15) is 18.9 Å². The van der Waals surface area contributed by atoms with Crippen LogP contribution in [-0.2, 0) is 6.42 Å². The van der Waals surface area contributed by atoms with Gasteiger partial charge in [0.2, 0.25) is 0 Å². The minimum atomic E-state index is -4.29. The van der Waals surface area contributed by atoms with Crippen LogP contribution in [-0.4, -0.2) is 12.8 Å². The molecule has 0 amide bonds. The van der Waals surface area contributed by atoms with E-state index in [2.05, 4.69) is 31.2 Å². The van der Waals surface area contributed by atoms with Gasteiger partial charge in [-0.25, -0.2) is 0 Å². The van der Waals surface area contributed by atoms with Gasteiger partial charge in [0, 0.05) is 6.08 Å². The van der Waals surface area contributed by atoms with Crippen LogP contribution < -0.4 is 4.74 Å². The predicted octanol–water partition coefficient (Wildman–Crippen LogP) is 5.80. The third kappa shape index (κ3) is 5.81. The molecule has 1 nitrogen and oxygen atoms in total. The van der Waals surface area contributed by atoms with Gasteiger partial charge in [-0.15, -0.1) is 0 Å². The lowest BCUT2D eigenvalue weighted by Crippen LogP contribution is -2.02. The summed E-state index contributed by atoms with van der Waals surface area (Å²) in [6.45, 7) is 2.04. The van der Waals surface area contributed by atoms with Crippen LogP contribution in [0.3, 0.4) is 0 Å². The van der Waals surface area contributed by atoms with Gasteiger partial charge in [-0.1, -0.05) is 49.7 Å². The summed E-state index contributed by atoms with van der Waals surface area (Å²) >= 11 is 0. The van der Waals surface area contributed by atoms with E-state index in [0.717, 1.165) is 30.0 Å². The van der Waals surface area contributed by atoms with E-state index in [4.69, 9.17) is 4.74 Å². The van der Waals surface area contributed by atoms with Crippen molar-refractivity contribution in [1.29, 1.82) is 0 Å². The quantitative estimate of drug-likeness (QED) is 0.611. The smallest absolute Gasteiger partial charge is 0.409 e. The molecule has 0 aliphatic heterocycles. The van der Waals surface area contributed by atoms with Gasteiger partial charge in [-0.2, -0.15) is 13.2 Å². The van der Waals surface area contributed by atoms with Crippen molar-refractivity contribution < 1.29 is 17.9 Å². The molecule has 0 N–H and O–H groups in total. The normalized spacial score (nSPS) is 11.8. The summed E-state index contributed by atoms with van der Waals surface area (Å²) in [6.07, 6.45) is -0.969. The number of rotatable bonds is 6. The van der Waals surface area contributed by atoms with Crippen LogP contribution in [0.5, 0.6) is 5.75 Å². The molecule has 0 unspecified atom stereocenters. The van der Waals surface area contributed by atoms with E-state index in [0.29, 0.717) is 5.75 Å². The fourth-order valence-electron chi connectivity index (χ4n) is 2.22. The average molecular weight is 320 g/mol. The summed E-state index contributed by atoms with van der Waals surface area (Å²) in [5, 5.41) is 0. The number of halogens is 3. The molecule has 0 radical (unpaired) electrons. The number of hydrogen-bond donors (Lipinski definition) is 0. The monoisotopic (exact) mass is 320 g/mol. The summed E-state index contributed by atoms with van der Waals surface area (Å²) in [6, 6.07) is 15.7. The third-order valence-corrected chi connectivity index (χ3v) is 3.33. The van der Waals surface area contributed by atoms with Gasteiger partial charge < -0.3 is 4.74 Å². The molecule has 0 aliphatic rings. The second-order valence-corrected chi connectivity index (χ2v) is 5.23. The number of hydrogen-bond acceptors (Lipinski definition) is 1. The molecular weight excluding hydrogens is 301 g/mol. The number of benzene rings is 2. The average Bonchev–Trinajstić information content (AvgIpc) is 2.52. The number of alkyl halides is 3. The first-order valence-corrected chi connectivity index (χ1v) is 7.54. The Kier molecular flexibility index (Phi) is 5.85. The molecule has 0 spiro atoms. The number of ether oxygens (including phenoxy) is 1. The van der Waals surface area contributed by atoms with Crippen LogP contribution in [0.4, 0.5) is 13.2 Å². The highest BCUT2D eigenvalue weighted by molar-refractivity contribution is 5.64. The first-order chi connectivity index (χ1) is 11.0. The molecule has 0 saturated carbocycles. The van der Waals surface area contributed by atoms with Crippen molar-refractivity contribution in [3.63, 3.8) is 0 Å². The van der Waals surface area contributed by atoms with Crippen molar-refractivity contribution in [1.82, 2.24) is 0 Å². The SMILES string of the molecule is CCCc1ccc(-c2ccc(OC/C=C/C(F)(F)F)cc2)cc1. The molecule has 122 valence electrons. The molecule has 23 heavy (non-hydrogen) atoms. The van der Waals surface area contributed by atoms with E-state index in [1.54, 1.807) is 12.1 Å². The molecule has 2 rings (SSSR count). The van der Waals surface area contributed by atoms with Crippen LogP contribution in [0.15, 0.2) is 60.7 Å². The van der Waals surface area contributed by atoms with Crippen molar-refractivity contribution in [2.24, 2.45) is 0 Å². The van der Waals surface area contributed by atoms with Crippen LogP contribution in [0.2, 0.25) is 0 Å². The van der Waals surface area contributed by atoms with E-state index in [-0.39, 0.29) is 12.7 Å². The zero-order valence-electron chi connectivity index (χ0n) is 12.9. The Morgan fingerprint density at radius 3 is 2.00 bits per heavy atom. The van der Waals surface area contributed by atoms with Crippen molar-refractivity contribution in [3.05, 3.63) is 66.2 Å². The number of allylic oxidation sites excluding steroid dienone is 1. The fraction of sp³-hybridized carbons (Fsp3) is 0.263. The second kappa shape index (κ2) is 7.86. The zero-order valence-corrected chi connectivity index (χ0v) is 12.9. The fourth-order valence-corrected chi connectivity index (χ4v) is 2.22. The molecular formula is C19H19F3O. The first-order valence-electron chi connectivity index (χ1n) is 7.54. The molecule has 0 saturated heterocycles. The van der Waals surface area contributed by atoms with E-state index in [1.807, 2.05) is 12.1 Å². The minimum Gasteiger partial charge on any atom is -0.490 e.